The number of carboxylic acids is 1. The van der Waals surface area contributed by atoms with E-state index in [0.29, 0.717) is 17.7 Å². The minimum Gasteiger partial charge on any atom is -0.476 e. The van der Waals surface area contributed by atoms with Crippen LogP contribution in [0.15, 0.2) is 4.52 Å². The number of rotatable bonds is 1. The van der Waals surface area contributed by atoms with Gasteiger partial charge in [0.1, 0.15) is 5.76 Å². The van der Waals surface area contributed by atoms with Crippen LogP contribution in [0.3, 0.4) is 0 Å². The molecule has 0 aliphatic carbocycles. The Labute approximate surface area is 80.6 Å². The largest absolute Gasteiger partial charge is 0.476 e. The molecule has 0 fully saturated rings. The van der Waals surface area contributed by atoms with E-state index in [-0.39, 0.29) is 17.9 Å². The second-order valence-corrected chi connectivity index (χ2v) is 3.47. The molecule has 0 aromatic carbocycles. The lowest BCUT2D eigenvalue weighted by molar-refractivity contribution is -0.0103. The molecule has 1 N–H and O–H groups in total. The number of ether oxygens (including phenoxy) is 1. The summed E-state index contributed by atoms with van der Waals surface area (Å²) in [6.07, 6.45) is 0.373. The van der Waals surface area contributed by atoms with E-state index < -0.39 is 5.97 Å². The Morgan fingerprint density at radius 1 is 1.57 bits per heavy atom. The highest BCUT2D eigenvalue weighted by Crippen LogP contribution is 2.32. The molecule has 2 heterocycles. The Bertz CT molecular complexity index is 371. The first kappa shape index (κ1) is 9.21. The molecule has 2 unspecified atom stereocenters. The zero-order valence-electron chi connectivity index (χ0n) is 7.98. The van der Waals surface area contributed by atoms with Gasteiger partial charge in [-0.15, -0.1) is 0 Å². The Hall–Kier alpha value is -1.36. The van der Waals surface area contributed by atoms with Gasteiger partial charge in [-0.25, -0.2) is 4.79 Å². The monoisotopic (exact) mass is 197 g/mol. The van der Waals surface area contributed by atoms with Gasteiger partial charge in [0, 0.05) is 6.42 Å². The van der Waals surface area contributed by atoms with Crippen LogP contribution in [0.1, 0.15) is 41.8 Å². The van der Waals surface area contributed by atoms with Gasteiger partial charge >= 0.3 is 5.97 Å². The first-order chi connectivity index (χ1) is 6.59. The van der Waals surface area contributed by atoms with E-state index in [1.54, 1.807) is 6.92 Å². The summed E-state index contributed by atoms with van der Waals surface area (Å²) in [5.74, 6) is -0.436. The smallest absolute Gasteiger partial charge is 0.358 e. The van der Waals surface area contributed by atoms with Crippen molar-refractivity contribution in [3.8, 4) is 0 Å². The van der Waals surface area contributed by atoms with Gasteiger partial charge in [0.05, 0.1) is 17.8 Å². The van der Waals surface area contributed by atoms with Crippen molar-refractivity contribution >= 4 is 5.97 Å². The number of nitrogens with zero attached hydrogens (tertiary/aromatic N) is 1. The molecule has 0 spiro atoms. The summed E-state index contributed by atoms with van der Waals surface area (Å²) in [5, 5.41) is 12.4. The Balaban J connectivity index is 2.46. The van der Waals surface area contributed by atoms with Crippen LogP contribution >= 0.6 is 0 Å². The van der Waals surface area contributed by atoms with E-state index in [4.69, 9.17) is 14.4 Å². The van der Waals surface area contributed by atoms with Crippen LogP contribution in [0, 0.1) is 0 Å². The van der Waals surface area contributed by atoms with Gasteiger partial charge in [0.15, 0.2) is 5.69 Å². The number of fused-ring (bicyclic) bond motifs is 1. The number of carboxylic acid groups (broad SMARTS) is 1. The molecule has 0 radical (unpaired) electrons. The summed E-state index contributed by atoms with van der Waals surface area (Å²) in [7, 11) is 0. The second kappa shape index (κ2) is 3.09. The van der Waals surface area contributed by atoms with E-state index in [1.165, 1.54) is 0 Å². The van der Waals surface area contributed by atoms with Crippen LogP contribution < -0.4 is 0 Å². The van der Waals surface area contributed by atoms with Crippen molar-refractivity contribution in [2.75, 3.05) is 0 Å². The molecular weight excluding hydrogens is 186 g/mol. The summed E-state index contributed by atoms with van der Waals surface area (Å²) >= 11 is 0. The molecule has 2 rings (SSSR count). The van der Waals surface area contributed by atoms with Gasteiger partial charge in [0.2, 0.25) is 0 Å². The molecule has 14 heavy (non-hydrogen) atoms. The highest BCUT2D eigenvalue weighted by Gasteiger charge is 2.31. The van der Waals surface area contributed by atoms with Crippen LogP contribution in [0.5, 0.6) is 0 Å². The van der Waals surface area contributed by atoms with Crippen molar-refractivity contribution in [3.05, 3.63) is 17.0 Å². The molecule has 5 heteroatoms. The minimum absolute atomic E-state index is 0.0283. The van der Waals surface area contributed by atoms with Crippen LogP contribution in [0.2, 0.25) is 0 Å². The van der Waals surface area contributed by atoms with Crippen LogP contribution in [0.4, 0.5) is 0 Å². The SMILES string of the molecule is CC1Cc2onc(C(=O)O)c2C(C)O1. The minimum atomic E-state index is -1.07. The molecule has 0 amide bonds. The van der Waals surface area contributed by atoms with E-state index in [0.717, 1.165) is 0 Å². The molecule has 0 saturated heterocycles. The molecule has 0 saturated carbocycles. The van der Waals surface area contributed by atoms with Gasteiger partial charge in [-0.1, -0.05) is 5.16 Å². The average molecular weight is 197 g/mol. The fraction of sp³-hybridized carbons (Fsp3) is 0.556. The Kier molecular flexibility index (Phi) is 2.03. The zero-order valence-corrected chi connectivity index (χ0v) is 7.98. The van der Waals surface area contributed by atoms with E-state index in [1.807, 2.05) is 6.92 Å². The van der Waals surface area contributed by atoms with Crippen molar-refractivity contribution in [2.24, 2.45) is 0 Å². The van der Waals surface area contributed by atoms with Crippen molar-refractivity contribution in [1.29, 1.82) is 0 Å². The first-order valence-electron chi connectivity index (χ1n) is 4.46. The van der Waals surface area contributed by atoms with Crippen molar-refractivity contribution in [3.63, 3.8) is 0 Å². The van der Waals surface area contributed by atoms with Gasteiger partial charge in [-0.05, 0) is 13.8 Å². The summed E-state index contributed by atoms with van der Waals surface area (Å²) in [4.78, 5) is 10.8. The van der Waals surface area contributed by atoms with Crippen LogP contribution in [-0.2, 0) is 11.2 Å². The second-order valence-electron chi connectivity index (χ2n) is 3.47. The highest BCUT2D eigenvalue weighted by molar-refractivity contribution is 5.87. The third-order valence-electron chi connectivity index (χ3n) is 2.32. The van der Waals surface area contributed by atoms with E-state index in [2.05, 4.69) is 5.16 Å². The van der Waals surface area contributed by atoms with Crippen molar-refractivity contribution in [2.45, 2.75) is 32.5 Å². The highest BCUT2D eigenvalue weighted by atomic mass is 16.5. The molecule has 1 aromatic heterocycles. The number of hydrogen-bond acceptors (Lipinski definition) is 4. The van der Waals surface area contributed by atoms with Crippen LogP contribution in [-0.4, -0.2) is 22.3 Å². The lowest BCUT2D eigenvalue weighted by Crippen LogP contribution is -2.22. The van der Waals surface area contributed by atoms with Gasteiger partial charge in [-0.3, -0.25) is 0 Å². The number of aromatic carboxylic acids is 1. The molecule has 2 atom stereocenters. The first-order valence-corrected chi connectivity index (χ1v) is 4.46. The molecule has 76 valence electrons. The van der Waals surface area contributed by atoms with Crippen molar-refractivity contribution in [1.82, 2.24) is 5.16 Å². The lowest BCUT2D eigenvalue weighted by Gasteiger charge is -2.23. The van der Waals surface area contributed by atoms with E-state index >= 15 is 0 Å². The maximum atomic E-state index is 10.8. The fourth-order valence-corrected chi connectivity index (χ4v) is 1.78. The molecule has 1 aliphatic rings. The molecule has 5 nitrogen and oxygen atoms in total. The predicted octanol–water partition coefficient (Wildman–Crippen LogP) is 1.40. The van der Waals surface area contributed by atoms with Crippen LogP contribution in [0.25, 0.3) is 0 Å². The fourth-order valence-electron chi connectivity index (χ4n) is 1.78. The average Bonchev–Trinajstić information content (AvgIpc) is 2.47. The third kappa shape index (κ3) is 1.29. The number of carbonyl (C=O) groups is 1. The Morgan fingerprint density at radius 3 is 2.93 bits per heavy atom. The Morgan fingerprint density at radius 2 is 2.29 bits per heavy atom. The molecule has 1 aliphatic heterocycles. The molecule has 1 aromatic rings. The number of aromatic nitrogens is 1. The quantitative estimate of drug-likeness (QED) is 0.736. The number of hydrogen-bond donors (Lipinski definition) is 1. The van der Waals surface area contributed by atoms with Crippen molar-refractivity contribution < 1.29 is 19.2 Å². The summed E-state index contributed by atoms with van der Waals surface area (Å²) < 4.78 is 10.5. The maximum absolute atomic E-state index is 10.8. The van der Waals surface area contributed by atoms with Gasteiger partial charge < -0.3 is 14.4 Å². The predicted molar refractivity (Wildman–Crippen MR) is 46.1 cm³/mol. The summed E-state index contributed by atoms with van der Waals surface area (Å²) in [6.45, 7) is 3.72. The summed E-state index contributed by atoms with van der Waals surface area (Å²) in [6, 6.07) is 0. The third-order valence-corrected chi connectivity index (χ3v) is 2.32. The van der Waals surface area contributed by atoms with Gasteiger partial charge in [0.25, 0.3) is 0 Å². The normalized spacial score (nSPS) is 25.9. The summed E-state index contributed by atoms with van der Waals surface area (Å²) in [5.41, 5.74) is 0.551. The topological polar surface area (TPSA) is 72.6 Å². The molecule has 0 bridgehead atoms. The molecular formula is C9H11NO4. The maximum Gasteiger partial charge on any atom is 0.358 e. The lowest BCUT2D eigenvalue weighted by atomic mass is 10.0. The zero-order chi connectivity index (χ0) is 10.3. The standard InChI is InChI=1S/C9H11NO4/c1-4-3-6-7(5(2)13-4)8(9(11)12)10-14-6/h4-5H,3H2,1-2H3,(H,11,12). The van der Waals surface area contributed by atoms with Gasteiger partial charge in [-0.2, -0.15) is 0 Å². The van der Waals surface area contributed by atoms with E-state index in [9.17, 15) is 4.79 Å².